The monoisotopic (exact) mass is 887 g/mol. The summed E-state index contributed by atoms with van der Waals surface area (Å²) in [4.78, 5) is 27.3. The molecule has 1 saturated heterocycles. The highest BCUT2D eigenvalue weighted by atomic mass is 35.5. The van der Waals surface area contributed by atoms with Crippen LogP contribution in [-0.4, -0.2) is 99.6 Å². The molecule has 2 N–H and O–H groups in total. The fraction of sp³-hybridized carbons (Fsp3) is 0.705. The number of likely N-dealkylation sites (N-methyl/N-ethyl adjacent to an activating group) is 1. The molecule has 0 radical (unpaired) electrons. The van der Waals surface area contributed by atoms with E-state index < -0.39 is 20.2 Å². The molecule has 0 aromatic heterocycles. The number of nitrogens with one attached hydrogen (secondary N) is 1. The average molecular weight is 889 g/mol. The maximum absolute atomic E-state index is 13.4. The first kappa shape index (κ1) is 51.5. The van der Waals surface area contributed by atoms with Crippen molar-refractivity contribution >= 4 is 48.3 Å². The number of amides is 1. The molecular formula is C44H72Cl2N3O9P. The lowest BCUT2D eigenvalue weighted by atomic mass is 10.0. The molecule has 336 valence electrons. The van der Waals surface area contributed by atoms with Gasteiger partial charge in [0.2, 0.25) is 5.91 Å². The average Bonchev–Trinajstić information content (AvgIpc) is 3.20. The van der Waals surface area contributed by atoms with Crippen LogP contribution >= 0.6 is 31.0 Å². The van der Waals surface area contributed by atoms with E-state index in [1.54, 1.807) is 23.1 Å². The Balaban J connectivity index is 1.35. The van der Waals surface area contributed by atoms with E-state index in [0.717, 1.165) is 30.6 Å². The van der Waals surface area contributed by atoms with Gasteiger partial charge in [0, 0.05) is 31.8 Å². The topological polar surface area (TPSA) is 128 Å². The van der Waals surface area contributed by atoms with E-state index in [4.69, 9.17) is 51.2 Å². The second-order valence-corrected chi connectivity index (χ2v) is 17.6. The van der Waals surface area contributed by atoms with Crippen molar-refractivity contribution in [2.75, 3.05) is 72.0 Å². The zero-order valence-corrected chi connectivity index (χ0v) is 38.3. The number of benzene rings is 2. The quantitative estimate of drug-likeness (QED) is 0.0385. The van der Waals surface area contributed by atoms with E-state index in [-0.39, 0.29) is 45.7 Å². The summed E-state index contributed by atoms with van der Waals surface area (Å²) in [6.45, 7) is 6.31. The summed E-state index contributed by atoms with van der Waals surface area (Å²) in [5, 5.41) is 4.22. The van der Waals surface area contributed by atoms with Crippen molar-refractivity contribution in [2.24, 2.45) is 0 Å². The third-order valence-corrected chi connectivity index (χ3v) is 12.1. The first-order valence-corrected chi connectivity index (χ1v) is 24.2. The predicted molar refractivity (Wildman–Crippen MR) is 237 cm³/mol. The maximum atomic E-state index is 13.4. The van der Waals surface area contributed by atoms with Crippen molar-refractivity contribution in [3.8, 4) is 0 Å². The molecule has 1 amide bonds. The zero-order valence-electron chi connectivity index (χ0n) is 35.9. The third kappa shape index (κ3) is 22.2. The second-order valence-electron chi connectivity index (χ2n) is 15.3. The molecule has 0 bridgehead atoms. The molecule has 0 spiro atoms. The second kappa shape index (κ2) is 31.1. The molecule has 0 aliphatic carbocycles. The normalized spacial score (nSPS) is 15.6. The Bertz CT molecular complexity index is 1460. The summed E-state index contributed by atoms with van der Waals surface area (Å²) in [5.41, 5.74) is 2.07. The van der Waals surface area contributed by atoms with E-state index in [0.29, 0.717) is 41.8 Å². The van der Waals surface area contributed by atoms with Crippen molar-refractivity contribution in [3.05, 3.63) is 58.1 Å². The van der Waals surface area contributed by atoms with Gasteiger partial charge in [0.25, 0.3) is 0 Å². The lowest BCUT2D eigenvalue weighted by molar-refractivity contribution is -0.208. The van der Waals surface area contributed by atoms with Gasteiger partial charge in [0.05, 0.1) is 42.0 Å². The Hall–Kier alpha value is -1.80. The number of carbonyl (C=O) groups excluding carboxylic acids is 1. The Morgan fingerprint density at radius 1 is 0.831 bits per heavy atom. The number of rotatable bonds is 36. The van der Waals surface area contributed by atoms with Gasteiger partial charge in [-0.1, -0.05) is 151 Å². The van der Waals surface area contributed by atoms with Gasteiger partial charge in [-0.25, -0.2) is 4.57 Å². The number of unbranched alkanes of at least 4 members (excludes halogenated alkanes) is 14. The largest absolute Gasteiger partial charge is 0.472 e. The number of phosphoric acid groups is 1. The van der Waals surface area contributed by atoms with Gasteiger partial charge in [-0.05, 0) is 43.8 Å². The van der Waals surface area contributed by atoms with Crippen LogP contribution in [0.5, 0.6) is 0 Å². The van der Waals surface area contributed by atoms with E-state index in [1.165, 1.54) is 83.5 Å². The van der Waals surface area contributed by atoms with Crippen LogP contribution in [0, 0.1) is 0 Å². The highest BCUT2D eigenvalue weighted by molar-refractivity contribution is 7.47. The minimum Gasteiger partial charge on any atom is -0.355 e. The van der Waals surface area contributed by atoms with Gasteiger partial charge >= 0.3 is 7.82 Å². The highest BCUT2D eigenvalue weighted by Gasteiger charge is 2.33. The summed E-state index contributed by atoms with van der Waals surface area (Å²) in [6.07, 6.45) is 19.1. The maximum Gasteiger partial charge on any atom is 0.472 e. The Morgan fingerprint density at radius 3 is 2.07 bits per heavy atom. The first-order valence-electron chi connectivity index (χ1n) is 21.9. The van der Waals surface area contributed by atoms with Gasteiger partial charge in [0.1, 0.15) is 25.9 Å². The molecule has 3 rings (SSSR count). The lowest BCUT2D eigenvalue weighted by Crippen LogP contribution is -2.53. The van der Waals surface area contributed by atoms with Gasteiger partial charge in [-0.2, -0.15) is 0 Å². The molecule has 2 aromatic rings. The van der Waals surface area contributed by atoms with Crippen LogP contribution in [0.1, 0.15) is 122 Å². The minimum absolute atomic E-state index is 0.0351. The van der Waals surface area contributed by atoms with Crippen molar-refractivity contribution in [3.63, 3.8) is 0 Å². The zero-order chi connectivity index (χ0) is 42.6. The van der Waals surface area contributed by atoms with E-state index in [2.05, 4.69) is 12.2 Å². The van der Waals surface area contributed by atoms with Crippen molar-refractivity contribution < 1.29 is 42.2 Å². The van der Waals surface area contributed by atoms with Crippen LogP contribution in [0.4, 0.5) is 11.4 Å². The number of halogens is 2. The molecular weight excluding hydrogens is 816 g/mol. The lowest BCUT2D eigenvalue weighted by Gasteiger charge is -2.40. The van der Waals surface area contributed by atoms with Gasteiger partial charge in [-0.3, -0.25) is 13.8 Å². The number of ether oxygens (including phenoxy) is 4. The SMILES string of the molecule is CCCCCCCCCCCCCCCCCOCOCC(COP(=O)(O)OCCN(C)CC)OCOC1CCN1C(=O)Cc1ccccc1Nc1c(Cl)cccc1Cl. The van der Waals surface area contributed by atoms with Crippen molar-refractivity contribution in [1.82, 2.24) is 9.80 Å². The highest BCUT2D eigenvalue weighted by Crippen LogP contribution is 2.43. The molecule has 15 heteroatoms. The molecule has 12 nitrogen and oxygen atoms in total. The van der Waals surface area contributed by atoms with E-state index >= 15 is 0 Å². The number of nitrogens with zero attached hydrogens (tertiary/aromatic N) is 2. The minimum atomic E-state index is -4.33. The van der Waals surface area contributed by atoms with Crippen LogP contribution in [-0.2, 0) is 43.8 Å². The third-order valence-electron chi connectivity index (χ3n) is 10.5. The summed E-state index contributed by atoms with van der Waals surface area (Å²) in [5.74, 6) is -0.109. The van der Waals surface area contributed by atoms with Crippen LogP contribution in [0.15, 0.2) is 42.5 Å². The Labute approximate surface area is 364 Å². The summed E-state index contributed by atoms with van der Waals surface area (Å²) in [6, 6.07) is 12.8. The fourth-order valence-corrected chi connectivity index (χ4v) is 7.78. The van der Waals surface area contributed by atoms with Crippen LogP contribution < -0.4 is 5.32 Å². The van der Waals surface area contributed by atoms with Crippen molar-refractivity contribution in [2.45, 2.75) is 135 Å². The summed E-state index contributed by atoms with van der Waals surface area (Å²) in [7, 11) is -2.44. The molecule has 1 aliphatic rings. The summed E-state index contributed by atoms with van der Waals surface area (Å²) < 4.78 is 46.2. The smallest absolute Gasteiger partial charge is 0.355 e. The number of para-hydroxylation sites is 2. The molecule has 1 fully saturated rings. The van der Waals surface area contributed by atoms with E-state index in [1.807, 2.05) is 43.1 Å². The van der Waals surface area contributed by atoms with Crippen LogP contribution in [0.2, 0.25) is 10.0 Å². The number of hydrogen-bond donors (Lipinski definition) is 2. The van der Waals surface area contributed by atoms with Crippen LogP contribution in [0.25, 0.3) is 0 Å². The fourth-order valence-electron chi connectivity index (χ4n) is 6.55. The molecule has 2 aromatic carbocycles. The number of likely N-dealkylation sites (tertiary alicyclic amines) is 1. The molecule has 3 unspecified atom stereocenters. The number of carbonyl (C=O) groups is 1. The van der Waals surface area contributed by atoms with E-state index in [9.17, 15) is 14.3 Å². The number of hydrogen-bond acceptors (Lipinski definition) is 10. The molecule has 1 aliphatic heterocycles. The van der Waals surface area contributed by atoms with Gasteiger partial charge in [-0.15, -0.1) is 0 Å². The molecule has 59 heavy (non-hydrogen) atoms. The molecule has 0 saturated carbocycles. The van der Waals surface area contributed by atoms with Gasteiger partial charge < -0.3 is 39.0 Å². The predicted octanol–water partition coefficient (Wildman–Crippen LogP) is 11.1. The van der Waals surface area contributed by atoms with Crippen LogP contribution in [0.3, 0.4) is 0 Å². The summed E-state index contributed by atoms with van der Waals surface area (Å²) >= 11 is 12.8. The Kier molecular flexibility index (Phi) is 27.2. The first-order chi connectivity index (χ1) is 28.6. The van der Waals surface area contributed by atoms with Gasteiger partial charge in [0.15, 0.2) is 0 Å². The van der Waals surface area contributed by atoms with Crippen molar-refractivity contribution in [1.29, 1.82) is 0 Å². The Morgan fingerprint density at radius 2 is 1.46 bits per heavy atom. The standard InChI is InChI=1S/C44H72Cl2N3O9P/c1-4-6-7-8-9-10-11-12-13-14-15-16-17-18-21-30-53-35-54-33-38(34-58-59(51,52)57-31-29-48(3)5-2)55-36-56-43-27-28-49(43)42(50)32-37-23-19-20-26-41(37)47-44-39(45)24-22-25-40(44)46/h19-20,22-26,38,43,47H,4-18,21,27-36H2,1-3H3,(H,51,52). The number of phosphoric ester groups is 1. The number of anilines is 2. The molecule has 1 heterocycles. The molecule has 3 atom stereocenters.